The molecule has 2 atom stereocenters. The Balaban J connectivity index is 1.31. The summed E-state index contributed by atoms with van der Waals surface area (Å²) in [5, 5.41) is 4.52. The van der Waals surface area contributed by atoms with E-state index in [0.717, 1.165) is 63.3 Å². The van der Waals surface area contributed by atoms with Crippen molar-refractivity contribution in [1.29, 1.82) is 0 Å². The van der Waals surface area contributed by atoms with Gasteiger partial charge in [-0.25, -0.2) is 13.8 Å². The van der Waals surface area contributed by atoms with Crippen molar-refractivity contribution in [3.05, 3.63) is 34.9 Å². The zero-order chi connectivity index (χ0) is 27.4. The van der Waals surface area contributed by atoms with E-state index in [2.05, 4.69) is 25.1 Å². The Morgan fingerprint density at radius 2 is 1.85 bits per heavy atom. The van der Waals surface area contributed by atoms with E-state index in [4.69, 9.17) is 27.1 Å². The van der Waals surface area contributed by atoms with E-state index < -0.39 is 11.6 Å². The first kappa shape index (κ1) is 26.1. The van der Waals surface area contributed by atoms with Crippen LogP contribution < -0.4 is 20.7 Å². The molecule has 0 radical (unpaired) electrons. The van der Waals surface area contributed by atoms with Crippen molar-refractivity contribution in [3.63, 3.8) is 0 Å². The van der Waals surface area contributed by atoms with E-state index in [1.807, 2.05) is 0 Å². The van der Waals surface area contributed by atoms with Gasteiger partial charge in [0.1, 0.15) is 17.2 Å². The lowest BCUT2D eigenvalue weighted by Crippen LogP contribution is -2.51. The number of halogens is 3. The number of benzene rings is 2. The van der Waals surface area contributed by atoms with E-state index >= 15 is 4.39 Å². The highest BCUT2D eigenvalue weighted by Gasteiger charge is 2.34. The highest BCUT2D eigenvalue weighted by molar-refractivity contribution is 7.22. The smallest absolute Gasteiger partial charge is 0.319 e. The molecule has 8 nitrogen and oxygen atoms in total. The summed E-state index contributed by atoms with van der Waals surface area (Å²) in [7, 11) is 0. The van der Waals surface area contributed by atoms with Gasteiger partial charge < -0.3 is 25.6 Å². The Morgan fingerprint density at radius 3 is 2.62 bits per heavy atom. The number of thiazole rings is 1. The minimum absolute atomic E-state index is 0.106. The van der Waals surface area contributed by atoms with Gasteiger partial charge in [0.15, 0.2) is 10.9 Å². The number of aromatic nitrogens is 3. The second-order valence-corrected chi connectivity index (χ2v) is 12.3. The number of fused-ring (bicyclic) bond motifs is 4. The van der Waals surface area contributed by atoms with E-state index in [-0.39, 0.29) is 37.5 Å². The maximum atomic E-state index is 16.5. The van der Waals surface area contributed by atoms with Crippen molar-refractivity contribution in [2.75, 3.05) is 50.0 Å². The first-order chi connectivity index (χ1) is 19.4. The van der Waals surface area contributed by atoms with Gasteiger partial charge in [-0.15, -0.1) is 0 Å². The number of nitrogen functional groups attached to an aromatic ring is 1. The highest BCUT2D eigenvalue weighted by Crippen LogP contribution is 2.43. The SMILES string of the molecule is Nc1nc2c(-c3c(Cl)cc4c(N5CC6CCC(C5)N6)nc(OCCCN5CCCC5)nc4c3F)ccc(F)c2s1. The molecule has 0 saturated carbocycles. The number of nitrogens with zero attached hydrogens (tertiary/aromatic N) is 5. The lowest BCUT2D eigenvalue weighted by Gasteiger charge is -2.34. The van der Waals surface area contributed by atoms with Gasteiger partial charge in [-0.2, -0.15) is 9.97 Å². The summed E-state index contributed by atoms with van der Waals surface area (Å²) >= 11 is 7.78. The number of piperazine rings is 1. The van der Waals surface area contributed by atoms with Gasteiger partial charge in [0.2, 0.25) is 0 Å². The van der Waals surface area contributed by atoms with Gasteiger partial charge in [-0.05, 0) is 63.4 Å². The minimum Gasteiger partial charge on any atom is -0.463 e. The Bertz CT molecular complexity index is 1580. The Morgan fingerprint density at radius 1 is 1.07 bits per heavy atom. The molecule has 0 spiro atoms. The van der Waals surface area contributed by atoms with Crippen LogP contribution in [0.5, 0.6) is 6.01 Å². The molecular formula is C28H30ClF2N7OS. The molecule has 2 unspecified atom stereocenters. The zero-order valence-electron chi connectivity index (χ0n) is 21.9. The van der Waals surface area contributed by atoms with Crippen LogP contribution in [0.3, 0.4) is 0 Å². The molecule has 2 aromatic heterocycles. The normalized spacial score (nSPS) is 21.2. The maximum Gasteiger partial charge on any atom is 0.319 e. The molecule has 3 saturated heterocycles. The van der Waals surface area contributed by atoms with Crippen LogP contribution in [-0.4, -0.2) is 71.3 Å². The monoisotopic (exact) mass is 585 g/mol. The molecule has 7 rings (SSSR count). The van der Waals surface area contributed by atoms with Crippen LogP contribution in [0.1, 0.15) is 32.1 Å². The predicted octanol–water partition coefficient (Wildman–Crippen LogP) is 5.23. The van der Waals surface area contributed by atoms with Crippen molar-refractivity contribution >= 4 is 55.0 Å². The number of likely N-dealkylation sites (tertiary alicyclic amines) is 1. The number of rotatable bonds is 7. The van der Waals surface area contributed by atoms with Crippen molar-refractivity contribution in [3.8, 4) is 17.1 Å². The standard InChI is InChI=1S/C28H30ClF2N7OS/c29-19-12-18-23(22(31)21(19)17-6-7-20(30)25-24(17)34-27(32)40-25)35-28(39-11-3-10-37-8-1-2-9-37)36-26(18)38-13-15-4-5-16(14-38)33-15/h6-7,12,15-16,33H,1-5,8-11,13-14H2,(H2,32,34). The second kappa shape index (κ2) is 10.5. The molecule has 2 bridgehead atoms. The molecule has 3 fully saturated rings. The number of nitrogens with one attached hydrogen (secondary N) is 1. The number of anilines is 2. The highest BCUT2D eigenvalue weighted by atomic mass is 35.5. The molecule has 3 aliphatic heterocycles. The van der Waals surface area contributed by atoms with Crippen molar-refractivity contribution in [2.24, 2.45) is 0 Å². The molecule has 3 aliphatic rings. The van der Waals surface area contributed by atoms with E-state index in [9.17, 15) is 4.39 Å². The third kappa shape index (κ3) is 4.72. The zero-order valence-corrected chi connectivity index (χ0v) is 23.5. The molecule has 5 heterocycles. The topological polar surface area (TPSA) is 92.4 Å². The largest absolute Gasteiger partial charge is 0.463 e. The third-order valence-electron chi connectivity index (χ3n) is 8.19. The third-order valence-corrected chi connectivity index (χ3v) is 9.38. The molecule has 40 heavy (non-hydrogen) atoms. The van der Waals surface area contributed by atoms with Gasteiger partial charge in [0.25, 0.3) is 0 Å². The van der Waals surface area contributed by atoms with Gasteiger partial charge in [0, 0.05) is 48.2 Å². The number of ether oxygens (including phenoxy) is 1. The van der Waals surface area contributed by atoms with E-state index in [1.54, 1.807) is 6.07 Å². The molecule has 210 valence electrons. The summed E-state index contributed by atoms with van der Waals surface area (Å²) < 4.78 is 37.3. The van der Waals surface area contributed by atoms with Gasteiger partial charge in [-0.3, -0.25) is 0 Å². The van der Waals surface area contributed by atoms with Crippen molar-refractivity contribution in [2.45, 2.75) is 44.2 Å². The molecule has 4 aromatic rings. The van der Waals surface area contributed by atoms with E-state index in [1.165, 1.54) is 25.0 Å². The minimum atomic E-state index is -0.620. The number of hydrogen-bond donors (Lipinski definition) is 2. The van der Waals surface area contributed by atoms with Gasteiger partial charge in [-0.1, -0.05) is 22.9 Å². The summed E-state index contributed by atoms with van der Waals surface area (Å²) in [5.74, 6) is -0.467. The van der Waals surface area contributed by atoms with Crippen LogP contribution in [-0.2, 0) is 0 Å². The average Bonchev–Trinajstić information content (AvgIpc) is 3.68. The first-order valence-electron chi connectivity index (χ1n) is 13.9. The van der Waals surface area contributed by atoms with Crippen molar-refractivity contribution in [1.82, 2.24) is 25.2 Å². The lowest BCUT2D eigenvalue weighted by molar-refractivity contribution is 0.250. The van der Waals surface area contributed by atoms with Crippen LogP contribution in [0.4, 0.5) is 19.7 Å². The maximum absolute atomic E-state index is 16.5. The fourth-order valence-electron chi connectivity index (χ4n) is 6.33. The number of nitrogens with two attached hydrogens (primary N) is 1. The van der Waals surface area contributed by atoms with Crippen LogP contribution in [0.2, 0.25) is 5.02 Å². The van der Waals surface area contributed by atoms with Gasteiger partial charge >= 0.3 is 6.01 Å². The summed E-state index contributed by atoms with van der Waals surface area (Å²) in [6.45, 7) is 5.15. The quantitative estimate of drug-likeness (QED) is 0.285. The van der Waals surface area contributed by atoms with Gasteiger partial charge in [0.05, 0.1) is 21.8 Å². The Hall–Kier alpha value is -2.86. The summed E-state index contributed by atoms with van der Waals surface area (Å²) in [6.07, 6.45) is 5.51. The predicted molar refractivity (Wildman–Crippen MR) is 155 cm³/mol. The summed E-state index contributed by atoms with van der Waals surface area (Å²) in [6, 6.07) is 5.33. The van der Waals surface area contributed by atoms with Crippen LogP contribution in [0, 0.1) is 11.6 Å². The lowest BCUT2D eigenvalue weighted by atomic mass is 10.0. The molecule has 3 N–H and O–H groups in total. The summed E-state index contributed by atoms with van der Waals surface area (Å²) in [5.41, 5.74) is 6.74. The fourth-order valence-corrected chi connectivity index (χ4v) is 7.39. The molecule has 0 amide bonds. The molecule has 2 aromatic carbocycles. The molecule has 0 aliphatic carbocycles. The van der Waals surface area contributed by atoms with Crippen molar-refractivity contribution < 1.29 is 13.5 Å². The number of hydrogen-bond acceptors (Lipinski definition) is 9. The fraction of sp³-hybridized carbons (Fsp3) is 0.464. The molecule has 12 heteroatoms. The second-order valence-electron chi connectivity index (χ2n) is 10.9. The van der Waals surface area contributed by atoms with Crippen LogP contribution in [0.15, 0.2) is 18.2 Å². The molecular weight excluding hydrogens is 556 g/mol. The Labute approximate surface area is 239 Å². The average molecular weight is 586 g/mol. The summed E-state index contributed by atoms with van der Waals surface area (Å²) in [4.78, 5) is 18.2. The first-order valence-corrected chi connectivity index (χ1v) is 15.0. The van der Waals surface area contributed by atoms with E-state index in [0.29, 0.717) is 35.5 Å². The van der Waals surface area contributed by atoms with Crippen LogP contribution in [0.25, 0.3) is 32.2 Å². The Kier molecular flexibility index (Phi) is 6.85. The van der Waals surface area contributed by atoms with Crippen LogP contribution >= 0.6 is 22.9 Å².